The summed E-state index contributed by atoms with van der Waals surface area (Å²) in [6, 6.07) is 0. The predicted molar refractivity (Wildman–Crippen MR) is 47.9 cm³/mol. The van der Waals surface area contributed by atoms with Gasteiger partial charge in [-0.25, -0.2) is 9.59 Å². The number of esters is 2. The number of aliphatic hydroxyl groups is 2. The Morgan fingerprint density at radius 3 is 1.57 bits per heavy atom. The van der Waals surface area contributed by atoms with Gasteiger partial charge in [-0.05, 0) is 0 Å². The molecule has 0 aliphatic carbocycles. The number of hydrogen-bond acceptors (Lipinski definition) is 6. The van der Waals surface area contributed by atoms with Gasteiger partial charge in [0.15, 0.2) is 0 Å². The van der Waals surface area contributed by atoms with Gasteiger partial charge < -0.3 is 19.7 Å². The van der Waals surface area contributed by atoms with E-state index in [4.69, 9.17) is 10.2 Å². The SMILES string of the molecule is O=C(CO)OCCCOC(=O)CO.[NaH]. The molecule has 2 N–H and O–H groups in total. The molecule has 0 unspecified atom stereocenters. The normalized spacial score (nSPS) is 8.71. The van der Waals surface area contributed by atoms with E-state index in [0.717, 1.165) is 0 Å². The Morgan fingerprint density at radius 1 is 0.929 bits per heavy atom. The van der Waals surface area contributed by atoms with Crippen molar-refractivity contribution in [2.75, 3.05) is 26.4 Å². The standard InChI is InChI=1S/C7H12O6.Na.H/c8-4-6(10)12-2-1-3-13-7(11)5-9;;/h8-9H,1-5H2;;. The minimum atomic E-state index is -0.714. The fourth-order valence-electron chi connectivity index (χ4n) is 0.522. The maximum atomic E-state index is 10.3. The molecule has 0 bridgehead atoms. The molecule has 0 aliphatic rings. The summed E-state index contributed by atoms with van der Waals surface area (Å²) >= 11 is 0. The molecule has 0 radical (unpaired) electrons. The van der Waals surface area contributed by atoms with Crippen LogP contribution in [0.25, 0.3) is 0 Å². The van der Waals surface area contributed by atoms with Gasteiger partial charge in [-0.15, -0.1) is 0 Å². The first-order chi connectivity index (χ1) is 6.20. The third-order valence-corrected chi connectivity index (χ3v) is 1.07. The van der Waals surface area contributed by atoms with E-state index in [-0.39, 0.29) is 42.8 Å². The molecular weight excluding hydrogens is 203 g/mol. The van der Waals surface area contributed by atoms with Crippen LogP contribution in [0.4, 0.5) is 0 Å². The molecule has 7 heteroatoms. The van der Waals surface area contributed by atoms with Crippen LogP contribution in [0.1, 0.15) is 6.42 Å². The van der Waals surface area contributed by atoms with Gasteiger partial charge in [-0.1, -0.05) is 0 Å². The van der Waals surface area contributed by atoms with Crippen LogP contribution < -0.4 is 0 Å². The van der Waals surface area contributed by atoms with Crippen LogP contribution in [0.3, 0.4) is 0 Å². The van der Waals surface area contributed by atoms with Crippen LogP contribution in [0.2, 0.25) is 0 Å². The zero-order valence-electron chi connectivity index (χ0n) is 7.06. The number of carbonyl (C=O) groups excluding carboxylic acids is 2. The summed E-state index contributed by atoms with van der Waals surface area (Å²) in [7, 11) is 0. The van der Waals surface area contributed by atoms with Crippen LogP contribution >= 0.6 is 0 Å². The van der Waals surface area contributed by atoms with E-state index in [9.17, 15) is 9.59 Å². The number of ether oxygens (including phenoxy) is 2. The van der Waals surface area contributed by atoms with Crippen molar-refractivity contribution in [2.24, 2.45) is 0 Å². The van der Waals surface area contributed by atoms with Crippen LogP contribution in [-0.4, -0.2) is 78.1 Å². The summed E-state index contributed by atoms with van der Waals surface area (Å²) in [5.74, 6) is -1.43. The molecule has 0 aliphatic heterocycles. The average molecular weight is 216 g/mol. The Bertz CT molecular complexity index is 154. The molecule has 0 heterocycles. The van der Waals surface area contributed by atoms with E-state index in [2.05, 4.69) is 9.47 Å². The molecule has 0 aromatic heterocycles. The van der Waals surface area contributed by atoms with Crippen molar-refractivity contribution in [1.82, 2.24) is 0 Å². The first-order valence-electron chi connectivity index (χ1n) is 3.73. The van der Waals surface area contributed by atoms with E-state index >= 15 is 0 Å². The van der Waals surface area contributed by atoms with Gasteiger partial charge in [0.25, 0.3) is 0 Å². The first kappa shape index (κ1) is 16.3. The van der Waals surface area contributed by atoms with Gasteiger partial charge in [0.05, 0.1) is 13.2 Å². The Hall–Kier alpha value is -0.140. The summed E-state index contributed by atoms with van der Waals surface area (Å²) in [6.07, 6.45) is 0.345. The maximum absolute atomic E-state index is 10.3. The molecule has 14 heavy (non-hydrogen) atoms. The molecule has 0 aromatic carbocycles. The number of hydrogen-bond donors (Lipinski definition) is 2. The molecule has 0 saturated heterocycles. The number of rotatable bonds is 6. The van der Waals surface area contributed by atoms with Crippen LogP contribution in [0.5, 0.6) is 0 Å². The molecule has 0 fully saturated rings. The van der Waals surface area contributed by atoms with Crippen molar-refractivity contribution < 1.29 is 29.3 Å². The van der Waals surface area contributed by atoms with Crippen LogP contribution in [-0.2, 0) is 19.1 Å². The third-order valence-electron chi connectivity index (χ3n) is 1.07. The van der Waals surface area contributed by atoms with Gasteiger partial charge in [-0.3, -0.25) is 0 Å². The molecule has 0 atom stereocenters. The molecular formula is C7H13NaO6. The zero-order valence-corrected chi connectivity index (χ0v) is 7.06. The summed E-state index contributed by atoms with van der Waals surface area (Å²) < 4.78 is 8.93. The van der Waals surface area contributed by atoms with E-state index in [1.54, 1.807) is 0 Å². The van der Waals surface area contributed by atoms with Gasteiger partial charge in [-0.2, -0.15) is 0 Å². The van der Waals surface area contributed by atoms with Crippen molar-refractivity contribution >= 4 is 41.5 Å². The fraction of sp³-hybridized carbons (Fsp3) is 0.714. The van der Waals surface area contributed by atoms with Crippen molar-refractivity contribution in [3.63, 3.8) is 0 Å². The van der Waals surface area contributed by atoms with Crippen LogP contribution in [0.15, 0.2) is 0 Å². The summed E-state index contributed by atoms with van der Waals surface area (Å²) in [6.45, 7) is -1.15. The molecule has 0 amide bonds. The fourth-order valence-corrected chi connectivity index (χ4v) is 0.522. The summed E-state index contributed by atoms with van der Waals surface area (Å²) in [5, 5.41) is 16.4. The first-order valence-corrected chi connectivity index (χ1v) is 3.73. The van der Waals surface area contributed by atoms with E-state index in [1.807, 2.05) is 0 Å². The van der Waals surface area contributed by atoms with Gasteiger partial charge >= 0.3 is 41.5 Å². The van der Waals surface area contributed by atoms with E-state index in [1.165, 1.54) is 0 Å². The second-order valence-corrected chi connectivity index (χ2v) is 2.11. The number of aliphatic hydroxyl groups excluding tert-OH is 2. The minimum absolute atomic E-state index is 0. The second kappa shape index (κ2) is 10.9. The molecule has 0 spiro atoms. The van der Waals surface area contributed by atoms with Crippen molar-refractivity contribution in [1.29, 1.82) is 0 Å². The van der Waals surface area contributed by atoms with Crippen molar-refractivity contribution in [3.8, 4) is 0 Å². The third kappa shape index (κ3) is 9.94. The topological polar surface area (TPSA) is 93.1 Å². The zero-order chi connectivity index (χ0) is 10.1. The molecule has 6 nitrogen and oxygen atoms in total. The van der Waals surface area contributed by atoms with Gasteiger partial charge in [0.2, 0.25) is 0 Å². The van der Waals surface area contributed by atoms with E-state index < -0.39 is 25.2 Å². The molecule has 0 rings (SSSR count). The Labute approximate surface area is 103 Å². The summed E-state index contributed by atoms with van der Waals surface area (Å²) in [5.41, 5.74) is 0. The number of carbonyl (C=O) groups is 2. The Balaban J connectivity index is 0. The summed E-state index contributed by atoms with van der Waals surface area (Å²) in [4.78, 5) is 20.7. The van der Waals surface area contributed by atoms with Crippen LogP contribution in [0, 0.1) is 0 Å². The predicted octanol–water partition coefficient (Wildman–Crippen LogP) is -2.20. The molecule has 0 aromatic rings. The second-order valence-electron chi connectivity index (χ2n) is 2.11. The van der Waals surface area contributed by atoms with Crippen molar-refractivity contribution in [2.45, 2.75) is 6.42 Å². The Morgan fingerprint density at radius 2 is 1.29 bits per heavy atom. The van der Waals surface area contributed by atoms with Gasteiger partial charge in [0, 0.05) is 6.42 Å². The van der Waals surface area contributed by atoms with Gasteiger partial charge in [0.1, 0.15) is 13.2 Å². The quantitative estimate of drug-likeness (QED) is 0.297. The average Bonchev–Trinajstić information content (AvgIpc) is 2.16. The molecule has 78 valence electrons. The molecule has 0 saturated carbocycles. The Kier molecular flexibility index (Phi) is 12.7. The van der Waals surface area contributed by atoms with E-state index in [0.29, 0.717) is 6.42 Å². The monoisotopic (exact) mass is 216 g/mol. The van der Waals surface area contributed by atoms with Crippen molar-refractivity contribution in [3.05, 3.63) is 0 Å².